The average Bonchev–Trinajstić information content (AvgIpc) is 3.41. The van der Waals surface area contributed by atoms with Crippen molar-refractivity contribution in [1.29, 1.82) is 0 Å². The number of carbonyl (C=O) groups is 3. The molecule has 0 aliphatic carbocycles. The van der Waals surface area contributed by atoms with E-state index in [0.717, 1.165) is 109 Å². The first-order chi connectivity index (χ1) is 37.0. The van der Waals surface area contributed by atoms with Gasteiger partial charge in [-0.25, -0.2) is 0 Å². The monoisotopic (exact) mass is 1030 g/mol. The molecule has 0 spiro atoms. The summed E-state index contributed by atoms with van der Waals surface area (Å²) in [6.45, 7) is 6.32. The summed E-state index contributed by atoms with van der Waals surface area (Å²) < 4.78 is 16.8. The molecule has 0 aliphatic heterocycles. The Labute approximate surface area is 461 Å². The fraction of sp³-hybridized carbons (Fsp3) is 0.609. The lowest BCUT2D eigenvalue weighted by molar-refractivity contribution is -0.166. The third kappa shape index (κ3) is 60.0. The minimum atomic E-state index is -0.842. The molecule has 6 nitrogen and oxygen atoms in total. The molecule has 75 heavy (non-hydrogen) atoms. The minimum absolute atomic E-state index is 0.126. The van der Waals surface area contributed by atoms with E-state index in [2.05, 4.69) is 154 Å². The van der Waals surface area contributed by atoms with Crippen LogP contribution in [-0.2, 0) is 28.6 Å². The highest BCUT2D eigenvalue weighted by atomic mass is 16.6. The Morgan fingerprint density at radius 1 is 0.280 bits per heavy atom. The van der Waals surface area contributed by atoms with Crippen LogP contribution in [0.25, 0.3) is 0 Å². The maximum Gasteiger partial charge on any atom is 0.306 e. The summed E-state index contributed by atoms with van der Waals surface area (Å²) in [6.07, 6.45) is 88.6. The highest BCUT2D eigenvalue weighted by molar-refractivity contribution is 5.71. The van der Waals surface area contributed by atoms with Crippen molar-refractivity contribution in [1.82, 2.24) is 0 Å². The van der Waals surface area contributed by atoms with Crippen LogP contribution >= 0.6 is 0 Å². The predicted octanol–water partition coefficient (Wildman–Crippen LogP) is 20.8. The van der Waals surface area contributed by atoms with Crippen LogP contribution in [0.5, 0.6) is 0 Å². The van der Waals surface area contributed by atoms with Gasteiger partial charge in [-0.1, -0.05) is 269 Å². The van der Waals surface area contributed by atoms with Gasteiger partial charge in [0, 0.05) is 19.3 Å². The molecule has 0 aromatic heterocycles. The molecule has 0 rings (SSSR count). The van der Waals surface area contributed by atoms with Crippen molar-refractivity contribution in [3.05, 3.63) is 146 Å². The molecule has 1 atom stereocenters. The molecule has 0 aromatic rings. The summed E-state index contributed by atoms with van der Waals surface area (Å²) in [5.74, 6) is -1.06. The van der Waals surface area contributed by atoms with Crippen molar-refractivity contribution < 1.29 is 28.6 Å². The maximum absolute atomic E-state index is 12.9. The second-order valence-electron chi connectivity index (χ2n) is 19.5. The molecule has 0 saturated heterocycles. The normalized spacial score (nSPS) is 13.2. The number of ether oxygens (including phenoxy) is 3. The molecule has 0 N–H and O–H groups in total. The van der Waals surface area contributed by atoms with Crippen LogP contribution < -0.4 is 0 Å². The lowest BCUT2D eigenvalue weighted by Gasteiger charge is -2.18. The fourth-order valence-electron chi connectivity index (χ4n) is 7.88. The van der Waals surface area contributed by atoms with Crippen molar-refractivity contribution in [2.45, 2.75) is 258 Å². The number of rotatable bonds is 53. The van der Waals surface area contributed by atoms with Crippen LogP contribution in [0.3, 0.4) is 0 Å². The van der Waals surface area contributed by atoms with Gasteiger partial charge in [0.15, 0.2) is 6.10 Å². The summed E-state index contributed by atoms with van der Waals surface area (Å²) in [7, 11) is 0. The summed E-state index contributed by atoms with van der Waals surface area (Å²) in [4.78, 5) is 38.2. The number of carbonyl (C=O) groups excluding carboxylic acids is 3. The van der Waals surface area contributed by atoms with Gasteiger partial charge in [0.1, 0.15) is 13.2 Å². The van der Waals surface area contributed by atoms with Gasteiger partial charge in [-0.05, 0) is 109 Å². The Bertz CT molecular complexity index is 1660. The molecule has 0 saturated carbocycles. The van der Waals surface area contributed by atoms with Crippen LogP contribution in [0.1, 0.15) is 252 Å². The van der Waals surface area contributed by atoms with Gasteiger partial charge in [0.25, 0.3) is 0 Å². The molecular formula is C69H110O6. The zero-order valence-electron chi connectivity index (χ0n) is 48.3. The van der Waals surface area contributed by atoms with Crippen molar-refractivity contribution >= 4 is 17.9 Å². The molecule has 0 amide bonds. The Morgan fingerprint density at radius 2 is 0.547 bits per heavy atom. The maximum atomic E-state index is 12.9. The lowest BCUT2D eigenvalue weighted by Crippen LogP contribution is -2.30. The van der Waals surface area contributed by atoms with E-state index in [9.17, 15) is 14.4 Å². The zero-order chi connectivity index (χ0) is 54.3. The zero-order valence-corrected chi connectivity index (χ0v) is 48.3. The van der Waals surface area contributed by atoms with Crippen LogP contribution in [0, 0.1) is 0 Å². The van der Waals surface area contributed by atoms with Crippen molar-refractivity contribution in [3.63, 3.8) is 0 Å². The molecule has 6 heteroatoms. The number of allylic oxidation sites excluding steroid dienone is 24. The van der Waals surface area contributed by atoms with Gasteiger partial charge < -0.3 is 14.2 Å². The Balaban J connectivity index is 4.59. The molecule has 0 aliphatic rings. The van der Waals surface area contributed by atoms with Crippen LogP contribution in [0.15, 0.2) is 146 Å². The van der Waals surface area contributed by atoms with Gasteiger partial charge in [-0.2, -0.15) is 0 Å². The molecule has 0 aromatic carbocycles. The van der Waals surface area contributed by atoms with E-state index in [1.54, 1.807) is 0 Å². The highest BCUT2D eigenvalue weighted by Crippen LogP contribution is 2.15. The number of hydrogen-bond acceptors (Lipinski definition) is 6. The van der Waals surface area contributed by atoms with Crippen LogP contribution in [0.2, 0.25) is 0 Å². The Morgan fingerprint density at radius 3 is 0.867 bits per heavy atom. The topological polar surface area (TPSA) is 78.9 Å². The van der Waals surface area contributed by atoms with Crippen molar-refractivity contribution in [3.8, 4) is 0 Å². The second-order valence-corrected chi connectivity index (χ2v) is 19.5. The smallest absolute Gasteiger partial charge is 0.306 e. The molecular weight excluding hydrogens is 925 g/mol. The predicted molar refractivity (Wildman–Crippen MR) is 325 cm³/mol. The van der Waals surface area contributed by atoms with Gasteiger partial charge in [0.2, 0.25) is 0 Å². The van der Waals surface area contributed by atoms with Crippen molar-refractivity contribution in [2.24, 2.45) is 0 Å². The quantitative estimate of drug-likeness (QED) is 0.0261. The van der Waals surface area contributed by atoms with E-state index in [1.807, 2.05) is 12.2 Å². The average molecular weight is 1040 g/mol. The molecule has 1 unspecified atom stereocenters. The van der Waals surface area contributed by atoms with Crippen LogP contribution in [0.4, 0.5) is 0 Å². The second kappa shape index (κ2) is 61.8. The van der Waals surface area contributed by atoms with Crippen LogP contribution in [-0.4, -0.2) is 37.2 Å². The van der Waals surface area contributed by atoms with E-state index in [1.165, 1.54) is 89.9 Å². The Hall–Kier alpha value is -4.71. The van der Waals surface area contributed by atoms with E-state index in [4.69, 9.17) is 14.2 Å². The molecule has 0 heterocycles. The van der Waals surface area contributed by atoms with Gasteiger partial charge in [-0.3, -0.25) is 14.4 Å². The number of esters is 3. The Kier molecular flexibility index (Phi) is 58.0. The highest BCUT2D eigenvalue weighted by Gasteiger charge is 2.19. The third-order valence-electron chi connectivity index (χ3n) is 12.4. The van der Waals surface area contributed by atoms with E-state index in [0.29, 0.717) is 19.3 Å². The number of unbranched alkanes of at least 4 members (excludes halogenated alkanes) is 18. The fourth-order valence-corrected chi connectivity index (χ4v) is 7.88. The standard InChI is InChI=1S/C69H110O6/c1-4-7-10-13-16-19-22-25-28-31-33-34-36-38-41-44-47-50-53-56-59-62-68(71)74-65-66(64-73-67(70)61-58-55-52-49-46-43-40-37-30-27-24-21-18-15-12-9-6-3)75-69(72)63-60-57-54-51-48-45-42-39-35-32-29-26-23-20-17-14-11-8-5-2/h7-8,10-11,16-17,19-20,25-26,28-29,33-35,38-39,41,45,47-48,50,54,57,66H,4-6,9,12-15,18,21-24,27,30-32,36-37,40,42-44,46,49,51-53,55-56,58-65H2,1-3H3/b10-7-,11-8-,19-16-,20-17-,28-25-,29-26-,34-33-,39-35-,41-38-,48-45-,50-47-,57-54-. The summed E-state index contributed by atoms with van der Waals surface area (Å²) in [5.41, 5.74) is 0. The minimum Gasteiger partial charge on any atom is -0.462 e. The third-order valence-corrected chi connectivity index (χ3v) is 12.4. The molecule has 0 radical (unpaired) electrons. The first-order valence-corrected chi connectivity index (χ1v) is 30.3. The molecule has 422 valence electrons. The molecule has 0 bridgehead atoms. The van der Waals surface area contributed by atoms with Gasteiger partial charge in [-0.15, -0.1) is 0 Å². The van der Waals surface area contributed by atoms with Crippen molar-refractivity contribution in [2.75, 3.05) is 13.2 Å². The van der Waals surface area contributed by atoms with Gasteiger partial charge >= 0.3 is 17.9 Å². The van der Waals surface area contributed by atoms with E-state index < -0.39 is 12.1 Å². The first-order valence-electron chi connectivity index (χ1n) is 30.3. The summed E-state index contributed by atoms with van der Waals surface area (Å²) in [5, 5.41) is 0. The molecule has 0 fully saturated rings. The van der Waals surface area contributed by atoms with Gasteiger partial charge in [0.05, 0.1) is 0 Å². The first kappa shape index (κ1) is 70.3. The largest absolute Gasteiger partial charge is 0.462 e. The number of hydrogen-bond donors (Lipinski definition) is 0. The van der Waals surface area contributed by atoms with E-state index >= 15 is 0 Å². The van der Waals surface area contributed by atoms with E-state index in [-0.39, 0.29) is 38.0 Å². The SMILES string of the molecule is CC/C=C\C/C=C\C/C=C\C/C=C\C/C=C\C/C=C\CCCCC(=O)OCC(COC(=O)CCCCCCCCCCCCCCCCCCC)OC(=O)CC/C=C\C/C=C\C/C=C\C/C=C\C/C=C\C/C=C\CC. The summed E-state index contributed by atoms with van der Waals surface area (Å²) >= 11 is 0. The summed E-state index contributed by atoms with van der Waals surface area (Å²) in [6, 6.07) is 0. The lowest BCUT2D eigenvalue weighted by atomic mass is 10.0.